The Morgan fingerprint density at radius 1 is 1.15 bits per heavy atom. The molecule has 0 saturated heterocycles. The van der Waals surface area contributed by atoms with E-state index in [1.807, 2.05) is 13.0 Å². The van der Waals surface area contributed by atoms with Gasteiger partial charge in [-0.3, -0.25) is 9.89 Å². The second-order valence-electron chi connectivity index (χ2n) is 7.34. The van der Waals surface area contributed by atoms with Gasteiger partial charge in [0.1, 0.15) is 11.6 Å². The molecule has 4 rings (SSSR count). The SMILES string of the molecule is CCOc1ccc2c(n1)N(c1ccc(OC(F)F)cc1)C(=O)N(c1ccc(N)c(C=NC)c1)C2. The quantitative estimate of drug-likeness (QED) is 0.390. The smallest absolute Gasteiger partial charge is 0.387 e. The maximum absolute atomic E-state index is 13.7. The number of nitrogens with zero attached hydrogens (tertiary/aromatic N) is 4. The average Bonchev–Trinajstić information content (AvgIpc) is 2.81. The van der Waals surface area contributed by atoms with Gasteiger partial charge in [0.25, 0.3) is 0 Å². The fourth-order valence-corrected chi connectivity index (χ4v) is 3.65. The van der Waals surface area contributed by atoms with Crippen LogP contribution in [0.3, 0.4) is 0 Å². The number of rotatable bonds is 7. The van der Waals surface area contributed by atoms with Crippen LogP contribution in [0.25, 0.3) is 0 Å². The molecular weight excluding hydrogens is 444 g/mol. The summed E-state index contributed by atoms with van der Waals surface area (Å²) in [5, 5.41) is 0. The minimum absolute atomic E-state index is 0.0154. The van der Waals surface area contributed by atoms with Gasteiger partial charge in [0.05, 0.1) is 18.8 Å². The Bertz CT molecular complexity index is 1220. The van der Waals surface area contributed by atoms with E-state index >= 15 is 0 Å². The molecule has 1 aliphatic rings. The van der Waals surface area contributed by atoms with E-state index in [1.165, 1.54) is 29.2 Å². The highest BCUT2D eigenvalue weighted by molar-refractivity contribution is 6.10. The van der Waals surface area contributed by atoms with Crippen LogP contribution in [0.2, 0.25) is 0 Å². The number of aromatic nitrogens is 1. The van der Waals surface area contributed by atoms with Gasteiger partial charge in [0, 0.05) is 41.8 Å². The van der Waals surface area contributed by atoms with Crippen LogP contribution in [0.1, 0.15) is 18.1 Å². The van der Waals surface area contributed by atoms with E-state index in [9.17, 15) is 13.6 Å². The number of benzene rings is 2. The highest BCUT2D eigenvalue weighted by Gasteiger charge is 2.34. The molecule has 2 heterocycles. The van der Waals surface area contributed by atoms with Crippen molar-refractivity contribution in [1.29, 1.82) is 0 Å². The molecule has 0 unspecified atom stereocenters. The first-order valence-electron chi connectivity index (χ1n) is 10.5. The molecule has 2 amide bonds. The Morgan fingerprint density at radius 2 is 1.88 bits per heavy atom. The summed E-state index contributed by atoms with van der Waals surface area (Å²) in [5.41, 5.74) is 9.09. The number of carbonyl (C=O) groups is 1. The van der Waals surface area contributed by atoms with Crippen LogP contribution in [-0.2, 0) is 6.54 Å². The molecule has 0 spiro atoms. The topological polar surface area (TPSA) is 93.3 Å². The molecule has 0 bridgehead atoms. The molecular formula is C24H23F2N5O3. The summed E-state index contributed by atoms with van der Waals surface area (Å²) in [6, 6.07) is 14.3. The minimum Gasteiger partial charge on any atom is -0.478 e. The Balaban J connectivity index is 1.79. The first-order valence-corrected chi connectivity index (χ1v) is 10.5. The number of hydrogen-bond acceptors (Lipinski definition) is 6. The highest BCUT2D eigenvalue weighted by atomic mass is 19.3. The summed E-state index contributed by atoms with van der Waals surface area (Å²) in [4.78, 5) is 25.3. The van der Waals surface area contributed by atoms with Crippen LogP contribution in [-0.4, -0.2) is 37.5 Å². The molecule has 0 atom stereocenters. The van der Waals surface area contributed by atoms with Crippen molar-refractivity contribution in [2.45, 2.75) is 20.1 Å². The third kappa shape index (κ3) is 4.61. The monoisotopic (exact) mass is 467 g/mol. The fraction of sp³-hybridized carbons (Fsp3) is 0.208. The molecule has 3 aromatic rings. The van der Waals surface area contributed by atoms with Gasteiger partial charge in [-0.05, 0) is 55.5 Å². The average molecular weight is 467 g/mol. The van der Waals surface area contributed by atoms with E-state index in [1.54, 1.807) is 42.4 Å². The number of ether oxygens (including phenoxy) is 2. The van der Waals surface area contributed by atoms with Crippen LogP contribution >= 0.6 is 0 Å². The van der Waals surface area contributed by atoms with Gasteiger partial charge >= 0.3 is 12.6 Å². The zero-order valence-electron chi connectivity index (χ0n) is 18.6. The molecule has 2 N–H and O–H groups in total. The number of hydrogen-bond donors (Lipinski definition) is 1. The second kappa shape index (κ2) is 9.74. The van der Waals surface area contributed by atoms with E-state index in [2.05, 4.69) is 14.7 Å². The van der Waals surface area contributed by atoms with Crippen molar-refractivity contribution in [3.8, 4) is 11.6 Å². The van der Waals surface area contributed by atoms with Crippen molar-refractivity contribution in [3.05, 3.63) is 65.7 Å². The van der Waals surface area contributed by atoms with Gasteiger partial charge in [-0.2, -0.15) is 13.8 Å². The van der Waals surface area contributed by atoms with Crippen LogP contribution in [0.4, 0.5) is 36.5 Å². The number of urea groups is 1. The van der Waals surface area contributed by atoms with E-state index in [4.69, 9.17) is 10.5 Å². The summed E-state index contributed by atoms with van der Waals surface area (Å²) >= 11 is 0. The van der Waals surface area contributed by atoms with Crippen molar-refractivity contribution >= 4 is 35.1 Å². The third-order valence-electron chi connectivity index (χ3n) is 5.16. The number of nitrogens with two attached hydrogens (primary N) is 1. The number of alkyl halides is 2. The molecule has 176 valence electrons. The number of nitrogen functional groups attached to an aromatic ring is 1. The normalized spacial score (nSPS) is 13.5. The van der Waals surface area contributed by atoms with E-state index < -0.39 is 6.61 Å². The lowest BCUT2D eigenvalue weighted by atomic mass is 10.1. The molecule has 0 aliphatic carbocycles. The van der Waals surface area contributed by atoms with Crippen molar-refractivity contribution in [3.63, 3.8) is 0 Å². The van der Waals surface area contributed by atoms with E-state index in [0.29, 0.717) is 40.9 Å². The lowest BCUT2D eigenvalue weighted by Gasteiger charge is -2.36. The van der Waals surface area contributed by atoms with Crippen LogP contribution in [0.5, 0.6) is 11.6 Å². The maximum atomic E-state index is 13.7. The van der Waals surface area contributed by atoms with Gasteiger partial charge < -0.3 is 15.2 Å². The molecule has 34 heavy (non-hydrogen) atoms. The first kappa shape index (κ1) is 23.0. The van der Waals surface area contributed by atoms with Crippen molar-refractivity contribution in [2.75, 3.05) is 29.2 Å². The number of anilines is 4. The molecule has 2 aromatic carbocycles. The first-order chi connectivity index (χ1) is 16.4. The molecule has 8 nitrogen and oxygen atoms in total. The largest absolute Gasteiger partial charge is 0.478 e. The Hall–Kier alpha value is -4.21. The predicted molar refractivity (Wildman–Crippen MR) is 127 cm³/mol. The second-order valence-corrected chi connectivity index (χ2v) is 7.34. The van der Waals surface area contributed by atoms with E-state index in [0.717, 1.165) is 5.56 Å². The zero-order valence-corrected chi connectivity index (χ0v) is 18.6. The Labute approximate surface area is 195 Å². The summed E-state index contributed by atoms with van der Waals surface area (Å²) in [6.45, 7) is -0.422. The number of fused-ring (bicyclic) bond motifs is 1. The predicted octanol–water partition coefficient (Wildman–Crippen LogP) is 4.99. The summed E-state index contributed by atoms with van der Waals surface area (Å²) in [7, 11) is 1.64. The standard InChI is InChI=1S/C24H23F2N5O3/c1-3-33-21-11-4-15-14-30(18-7-10-20(27)16(12-18)13-28-2)24(32)31(22(15)29-21)17-5-8-19(9-6-17)34-23(25)26/h4-13,23H,3,14,27H2,1-2H3. The number of amides is 2. The molecule has 0 radical (unpaired) electrons. The van der Waals surface area contributed by atoms with Gasteiger partial charge in [-0.25, -0.2) is 9.69 Å². The minimum atomic E-state index is -2.94. The molecule has 1 aromatic heterocycles. The highest BCUT2D eigenvalue weighted by Crippen LogP contribution is 2.38. The Morgan fingerprint density at radius 3 is 2.56 bits per heavy atom. The van der Waals surface area contributed by atoms with Gasteiger partial charge in [0.15, 0.2) is 0 Å². The number of carbonyl (C=O) groups excluding carboxylic acids is 1. The summed E-state index contributed by atoms with van der Waals surface area (Å²) in [6.07, 6.45) is 1.62. The van der Waals surface area contributed by atoms with Crippen LogP contribution in [0.15, 0.2) is 59.6 Å². The van der Waals surface area contributed by atoms with Crippen molar-refractivity contribution < 1.29 is 23.0 Å². The lowest BCUT2D eigenvalue weighted by molar-refractivity contribution is -0.0498. The van der Waals surface area contributed by atoms with Gasteiger partial charge in [-0.15, -0.1) is 0 Å². The molecule has 0 fully saturated rings. The number of pyridine rings is 1. The van der Waals surface area contributed by atoms with E-state index in [-0.39, 0.29) is 18.3 Å². The molecule has 0 saturated carbocycles. The number of halogens is 2. The van der Waals surface area contributed by atoms with Gasteiger partial charge in [-0.1, -0.05) is 0 Å². The number of aliphatic imine (C=N–C) groups is 1. The van der Waals surface area contributed by atoms with Gasteiger partial charge in [0.2, 0.25) is 5.88 Å². The molecule has 10 heteroatoms. The Kier molecular flexibility index (Phi) is 6.58. The summed E-state index contributed by atoms with van der Waals surface area (Å²) < 4.78 is 35.1. The van der Waals surface area contributed by atoms with Crippen LogP contribution < -0.4 is 25.0 Å². The third-order valence-corrected chi connectivity index (χ3v) is 5.16. The summed E-state index contributed by atoms with van der Waals surface area (Å²) in [5.74, 6) is 0.762. The van der Waals surface area contributed by atoms with Crippen molar-refractivity contribution in [1.82, 2.24) is 4.98 Å². The lowest BCUT2D eigenvalue weighted by Crippen LogP contribution is -2.45. The maximum Gasteiger partial charge on any atom is 0.387 e. The zero-order chi connectivity index (χ0) is 24.2. The molecule has 1 aliphatic heterocycles. The fourth-order valence-electron chi connectivity index (χ4n) is 3.65. The van der Waals surface area contributed by atoms with Crippen LogP contribution in [0, 0.1) is 0 Å². The van der Waals surface area contributed by atoms with Crippen molar-refractivity contribution in [2.24, 2.45) is 4.99 Å².